The summed E-state index contributed by atoms with van der Waals surface area (Å²) in [4.78, 5) is 31.6. The van der Waals surface area contributed by atoms with Gasteiger partial charge in [0.15, 0.2) is 11.5 Å². The summed E-state index contributed by atoms with van der Waals surface area (Å²) in [6.07, 6.45) is 2.88. The molecule has 30 heavy (non-hydrogen) atoms. The number of benzene rings is 1. The van der Waals surface area contributed by atoms with Gasteiger partial charge in [0, 0.05) is 25.2 Å². The maximum Gasteiger partial charge on any atom is 0.257 e. The SMILES string of the molecule is COc1ccc(C(=O)N2CCC(C(=O)Nc3ccc(C)cn3)CC2)c(OC)c1OC. The third-order valence-electron chi connectivity index (χ3n) is 5.25. The van der Waals surface area contributed by atoms with Gasteiger partial charge in [0.1, 0.15) is 5.82 Å². The Balaban J connectivity index is 1.65. The van der Waals surface area contributed by atoms with E-state index in [4.69, 9.17) is 14.2 Å². The number of aromatic nitrogens is 1. The molecule has 1 N–H and O–H groups in total. The average molecular weight is 413 g/mol. The Bertz CT molecular complexity index is 906. The minimum absolute atomic E-state index is 0.0675. The van der Waals surface area contributed by atoms with Crippen LogP contribution in [-0.4, -0.2) is 56.1 Å². The highest BCUT2D eigenvalue weighted by Gasteiger charge is 2.30. The zero-order valence-electron chi connectivity index (χ0n) is 17.7. The summed E-state index contributed by atoms with van der Waals surface area (Å²) >= 11 is 0. The molecule has 1 aliphatic heterocycles. The molecule has 0 saturated carbocycles. The molecule has 0 atom stereocenters. The molecule has 0 radical (unpaired) electrons. The first-order valence-corrected chi connectivity index (χ1v) is 9.80. The van der Waals surface area contributed by atoms with Crippen molar-refractivity contribution < 1.29 is 23.8 Å². The van der Waals surface area contributed by atoms with E-state index in [1.165, 1.54) is 21.3 Å². The molecule has 160 valence electrons. The normalized spacial score (nSPS) is 14.2. The molecule has 1 fully saturated rings. The fourth-order valence-corrected chi connectivity index (χ4v) is 3.55. The lowest BCUT2D eigenvalue weighted by molar-refractivity contribution is -0.121. The van der Waals surface area contributed by atoms with Gasteiger partial charge < -0.3 is 24.4 Å². The number of carbonyl (C=O) groups excluding carboxylic acids is 2. The molecular weight excluding hydrogens is 386 g/mol. The van der Waals surface area contributed by atoms with E-state index >= 15 is 0 Å². The number of hydrogen-bond donors (Lipinski definition) is 1. The fourth-order valence-electron chi connectivity index (χ4n) is 3.55. The van der Waals surface area contributed by atoms with Crippen LogP contribution < -0.4 is 19.5 Å². The lowest BCUT2D eigenvalue weighted by Crippen LogP contribution is -2.41. The van der Waals surface area contributed by atoms with Crippen molar-refractivity contribution in [1.82, 2.24) is 9.88 Å². The summed E-state index contributed by atoms with van der Waals surface area (Å²) in [6.45, 7) is 2.91. The summed E-state index contributed by atoms with van der Waals surface area (Å²) in [7, 11) is 4.52. The smallest absolute Gasteiger partial charge is 0.257 e. The van der Waals surface area contributed by atoms with Gasteiger partial charge in [-0.3, -0.25) is 9.59 Å². The van der Waals surface area contributed by atoms with Crippen LogP contribution in [0.15, 0.2) is 30.5 Å². The van der Waals surface area contributed by atoms with Crippen molar-refractivity contribution in [3.63, 3.8) is 0 Å². The highest BCUT2D eigenvalue weighted by molar-refractivity contribution is 5.98. The van der Waals surface area contributed by atoms with Gasteiger partial charge in [-0.05, 0) is 43.5 Å². The number of methoxy groups -OCH3 is 3. The Kier molecular flexibility index (Phi) is 6.76. The molecule has 8 heteroatoms. The highest BCUT2D eigenvalue weighted by atomic mass is 16.5. The summed E-state index contributed by atoms with van der Waals surface area (Å²) in [5.74, 6) is 1.36. The zero-order chi connectivity index (χ0) is 21.7. The van der Waals surface area contributed by atoms with Crippen molar-refractivity contribution in [2.45, 2.75) is 19.8 Å². The van der Waals surface area contributed by atoms with Gasteiger partial charge in [0.05, 0.1) is 26.9 Å². The van der Waals surface area contributed by atoms with Crippen LogP contribution in [0.4, 0.5) is 5.82 Å². The average Bonchev–Trinajstić information content (AvgIpc) is 2.78. The number of likely N-dealkylation sites (tertiary alicyclic amines) is 1. The van der Waals surface area contributed by atoms with Crippen LogP contribution in [0.1, 0.15) is 28.8 Å². The lowest BCUT2D eigenvalue weighted by Gasteiger charge is -2.31. The first kappa shape index (κ1) is 21.4. The standard InChI is InChI=1S/C22H27N3O5/c1-14-5-8-18(23-13-14)24-21(26)15-9-11-25(12-10-15)22(27)16-6-7-17(28-2)20(30-4)19(16)29-3/h5-8,13,15H,9-12H2,1-4H3,(H,23,24,26). The van der Waals surface area contributed by atoms with Gasteiger partial charge in [-0.25, -0.2) is 4.98 Å². The van der Waals surface area contributed by atoms with Gasteiger partial charge in [-0.2, -0.15) is 0 Å². The van der Waals surface area contributed by atoms with Gasteiger partial charge in [-0.15, -0.1) is 0 Å². The number of nitrogens with one attached hydrogen (secondary N) is 1. The summed E-state index contributed by atoms with van der Waals surface area (Å²) in [5.41, 5.74) is 1.44. The van der Waals surface area contributed by atoms with Crippen molar-refractivity contribution in [3.8, 4) is 17.2 Å². The first-order valence-electron chi connectivity index (χ1n) is 9.80. The number of aryl methyl sites for hydroxylation is 1. The van der Waals surface area contributed by atoms with Gasteiger partial charge in [0.2, 0.25) is 11.7 Å². The van der Waals surface area contributed by atoms with E-state index in [9.17, 15) is 9.59 Å². The van der Waals surface area contributed by atoms with Crippen LogP contribution in [0.25, 0.3) is 0 Å². The first-order chi connectivity index (χ1) is 14.5. The number of rotatable bonds is 6. The highest BCUT2D eigenvalue weighted by Crippen LogP contribution is 2.40. The quantitative estimate of drug-likeness (QED) is 0.783. The minimum atomic E-state index is -0.163. The van der Waals surface area contributed by atoms with E-state index in [-0.39, 0.29) is 17.7 Å². The van der Waals surface area contributed by atoms with Crippen LogP contribution in [0.2, 0.25) is 0 Å². The van der Waals surface area contributed by atoms with Crippen LogP contribution in [0.5, 0.6) is 17.2 Å². The predicted octanol–water partition coefficient (Wildman–Crippen LogP) is 2.91. The van der Waals surface area contributed by atoms with Gasteiger partial charge >= 0.3 is 0 Å². The molecule has 2 amide bonds. The van der Waals surface area contributed by atoms with Crippen molar-refractivity contribution >= 4 is 17.6 Å². The molecule has 2 aromatic rings. The van der Waals surface area contributed by atoms with Crippen molar-refractivity contribution in [2.24, 2.45) is 5.92 Å². The summed E-state index contributed by atoms with van der Waals surface area (Å²) < 4.78 is 16.1. The second-order valence-electron chi connectivity index (χ2n) is 7.16. The molecule has 1 saturated heterocycles. The van der Waals surface area contributed by atoms with E-state index in [2.05, 4.69) is 10.3 Å². The van der Waals surface area contributed by atoms with Crippen LogP contribution >= 0.6 is 0 Å². The molecule has 8 nitrogen and oxygen atoms in total. The summed E-state index contributed by atoms with van der Waals surface area (Å²) in [5, 5.41) is 2.86. The minimum Gasteiger partial charge on any atom is -0.493 e. The second kappa shape index (κ2) is 9.47. The molecule has 0 unspecified atom stereocenters. The Morgan fingerprint density at radius 2 is 1.70 bits per heavy atom. The maximum absolute atomic E-state index is 13.1. The van der Waals surface area contributed by atoms with E-state index in [0.29, 0.717) is 54.6 Å². The van der Waals surface area contributed by atoms with Gasteiger partial charge in [0.25, 0.3) is 5.91 Å². The molecule has 1 aromatic carbocycles. The third-order valence-corrected chi connectivity index (χ3v) is 5.25. The molecule has 0 aliphatic carbocycles. The summed E-state index contributed by atoms with van der Waals surface area (Å²) in [6, 6.07) is 7.05. The number of hydrogen-bond acceptors (Lipinski definition) is 6. The number of ether oxygens (including phenoxy) is 3. The number of amides is 2. The number of piperidine rings is 1. The van der Waals surface area contributed by atoms with Crippen LogP contribution in [-0.2, 0) is 4.79 Å². The largest absolute Gasteiger partial charge is 0.493 e. The van der Waals surface area contributed by atoms with Crippen LogP contribution in [0.3, 0.4) is 0 Å². The number of anilines is 1. The molecular formula is C22H27N3O5. The molecule has 1 aliphatic rings. The monoisotopic (exact) mass is 413 g/mol. The predicted molar refractivity (Wildman–Crippen MR) is 112 cm³/mol. The van der Waals surface area contributed by atoms with Crippen molar-refractivity contribution in [2.75, 3.05) is 39.7 Å². The van der Waals surface area contributed by atoms with Crippen LogP contribution in [0, 0.1) is 12.8 Å². The molecule has 0 spiro atoms. The van der Waals surface area contributed by atoms with Crippen molar-refractivity contribution in [3.05, 3.63) is 41.6 Å². The maximum atomic E-state index is 13.1. The Hall–Kier alpha value is -3.29. The van der Waals surface area contributed by atoms with E-state index in [0.717, 1.165) is 5.56 Å². The molecule has 3 rings (SSSR count). The molecule has 1 aromatic heterocycles. The Morgan fingerprint density at radius 1 is 1.00 bits per heavy atom. The second-order valence-corrected chi connectivity index (χ2v) is 7.16. The fraction of sp³-hybridized carbons (Fsp3) is 0.409. The third kappa shape index (κ3) is 4.48. The van der Waals surface area contributed by atoms with Crippen molar-refractivity contribution in [1.29, 1.82) is 0 Å². The number of carbonyl (C=O) groups is 2. The van der Waals surface area contributed by atoms with E-state index < -0.39 is 0 Å². The lowest BCUT2D eigenvalue weighted by atomic mass is 9.95. The Labute approximate surface area is 176 Å². The molecule has 0 bridgehead atoms. The molecule has 2 heterocycles. The zero-order valence-corrected chi connectivity index (χ0v) is 17.7. The topological polar surface area (TPSA) is 90.0 Å². The van der Waals surface area contributed by atoms with Gasteiger partial charge in [-0.1, -0.05) is 6.07 Å². The number of pyridine rings is 1. The Morgan fingerprint density at radius 3 is 2.27 bits per heavy atom. The van der Waals surface area contributed by atoms with E-state index in [1.54, 1.807) is 29.3 Å². The van der Waals surface area contributed by atoms with E-state index in [1.807, 2.05) is 13.0 Å². The number of nitrogens with zero attached hydrogens (tertiary/aromatic N) is 2.